The molecule has 1 unspecified atom stereocenters. The quantitative estimate of drug-likeness (QED) is 0.742. The molecular formula is C19H21N3O5. The van der Waals surface area contributed by atoms with Gasteiger partial charge in [0, 0.05) is 18.7 Å². The third kappa shape index (κ3) is 4.33. The largest absolute Gasteiger partial charge is 0.480 e. The van der Waals surface area contributed by atoms with Crippen molar-refractivity contribution in [1.29, 1.82) is 0 Å². The van der Waals surface area contributed by atoms with Crippen molar-refractivity contribution >= 4 is 11.9 Å². The van der Waals surface area contributed by atoms with Crippen LogP contribution in [0.4, 0.5) is 0 Å². The lowest BCUT2D eigenvalue weighted by Crippen LogP contribution is -2.44. The molecule has 1 fully saturated rings. The molecule has 0 saturated carbocycles. The van der Waals surface area contributed by atoms with Crippen molar-refractivity contribution in [3.8, 4) is 11.8 Å². The highest BCUT2D eigenvalue weighted by molar-refractivity contribution is 6.05. The highest BCUT2D eigenvalue weighted by atomic mass is 16.5. The maximum atomic E-state index is 12.9. The number of nitrogens with zero attached hydrogens (tertiary/aromatic N) is 3. The Morgan fingerprint density at radius 1 is 1.04 bits per heavy atom. The van der Waals surface area contributed by atoms with E-state index in [4.69, 9.17) is 14.2 Å². The van der Waals surface area contributed by atoms with E-state index in [1.807, 2.05) is 0 Å². The monoisotopic (exact) mass is 371 g/mol. The van der Waals surface area contributed by atoms with Crippen molar-refractivity contribution in [3.05, 3.63) is 47.5 Å². The molecule has 0 N–H and O–H groups in total. The van der Waals surface area contributed by atoms with Gasteiger partial charge in [0.25, 0.3) is 5.91 Å². The van der Waals surface area contributed by atoms with Crippen LogP contribution in [0.3, 0.4) is 0 Å². The minimum atomic E-state index is -0.530. The fourth-order valence-corrected chi connectivity index (χ4v) is 3.00. The fraction of sp³-hybridized carbons (Fsp3) is 0.368. The van der Waals surface area contributed by atoms with Crippen LogP contribution in [0.25, 0.3) is 0 Å². The first-order chi connectivity index (χ1) is 13.1. The van der Waals surface area contributed by atoms with Crippen LogP contribution in [-0.4, -0.2) is 60.4 Å². The van der Waals surface area contributed by atoms with Gasteiger partial charge in [0.2, 0.25) is 11.8 Å². The van der Waals surface area contributed by atoms with Crippen LogP contribution in [0, 0.1) is 0 Å². The Bertz CT molecular complexity index is 809. The number of benzene rings is 1. The van der Waals surface area contributed by atoms with Crippen LogP contribution in [0.2, 0.25) is 0 Å². The number of amides is 1. The van der Waals surface area contributed by atoms with Gasteiger partial charge in [-0.15, -0.1) is 10.2 Å². The van der Waals surface area contributed by atoms with E-state index in [9.17, 15) is 9.59 Å². The minimum Gasteiger partial charge on any atom is -0.480 e. The lowest BCUT2D eigenvalue weighted by molar-refractivity contribution is 0.0510. The summed E-state index contributed by atoms with van der Waals surface area (Å²) in [4.78, 5) is 26.6. The molecule has 2 aromatic rings. The molecule has 1 aromatic heterocycles. The number of rotatable bonds is 5. The summed E-state index contributed by atoms with van der Waals surface area (Å²) in [5, 5.41) is 7.83. The summed E-state index contributed by atoms with van der Waals surface area (Å²) < 4.78 is 15.6. The zero-order valence-electron chi connectivity index (χ0n) is 15.3. The molecule has 142 valence electrons. The average Bonchev–Trinajstić information content (AvgIpc) is 2.73. The lowest BCUT2D eigenvalue weighted by atomic mass is 10.0. The molecule has 0 radical (unpaired) electrons. The molecule has 0 aliphatic carbocycles. The number of hydrogen-bond donors (Lipinski definition) is 0. The van der Waals surface area contributed by atoms with Crippen LogP contribution < -0.4 is 9.47 Å². The van der Waals surface area contributed by atoms with Crippen molar-refractivity contribution < 1.29 is 23.8 Å². The number of piperidine rings is 1. The summed E-state index contributed by atoms with van der Waals surface area (Å²) in [7, 11) is 2.81. The second kappa shape index (κ2) is 8.48. The number of ether oxygens (including phenoxy) is 3. The SMILES string of the molecule is COC(=O)c1ccccc1C(=O)N1CCCC(Oc2ccc(OC)nn2)C1. The van der Waals surface area contributed by atoms with Gasteiger partial charge in [0.1, 0.15) is 6.10 Å². The highest BCUT2D eigenvalue weighted by Crippen LogP contribution is 2.20. The molecule has 1 saturated heterocycles. The fourth-order valence-electron chi connectivity index (χ4n) is 3.00. The Hall–Kier alpha value is -3.16. The molecule has 1 aliphatic heterocycles. The van der Waals surface area contributed by atoms with E-state index in [-0.39, 0.29) is 17.6 Å². The van der Waals surface area contributed by atoms with Crippen LogP contribution in [-0.2, 0) is 4.74 Å². The first-order valence-electron chi connectivity index (χ1n) is 8.63. The molecule has 1 atom stereocenters. The van der Waals surface area contributed by atoms with Crippen LogP contribution in [0.5, 0.6) is 11.8 Å². The van der Waals surface area contributed by atoms with Gasteiger partial charge in [0.05, 0.1) is 31.9 Å². The van der Waals surface area contributed by atoms with E-state index < -0.39 is 5.97 Å². The molecule has 2 heterocycles. The van der Waals surface area contributed by atoms with Crippen molar-refractivity contribution in [2.24, 2.45) is 0 Å². The number of carbonyl (C=O) groups is 2. The minimum absolute atomic E-state index is 0.198. The van der Waals surface area contributed by atoms with E-state index in [0.29, 0.717) is 30.4 Å². The van der Waals surface area contributed by atoms with Crippen LogP contribution >= 0.6 is 0 Å². The van der Waals surface area contributed by atoms with Gasteiger partial charge in [-0.25, -0.2) is 4.79 Å². The zero-order valence-corrected chi connectivity index (χ0v) is 15.3. The Morgan fingerprint density at radius 3 is 2.41 bits per heavy atom. The molecule has 1 aliphatic rings. The van der Waals surface area contributed by atoms with Crippen LogP contribution in [0.1, 0.15) is 33.6 Å². The van der Waals surface area contributed by atoms with Gasteiger partial charge in [-0.1, -0.05) is 12.1 Å². The number of hydrogen-bond acceptors (Lipinski definition) is 7. The van der Waals surface area contributed by atoms with Gasteiger partial charge in [-0.05, 0) is 25.0 Å². The Morgan fingerprint density at radius 2 is 1.74 bits per heavy atom. The second-order valence-corrected chi connectivity index (χ2v) is 6.08. The van der Waals surface area contributed by atoms with Gasteiger partial charge >= 0.3 is 5.97 Å². The number of esters is 1. The number of methoxy groups -OCH3 is 2. The molecule has 1 aromatic carbocycles. The average molecular weight is 371 g/mol. The predicted molar refractivity (Wildman–Crippen MR) is 95.9 cm³/mol. The van der Waals surface area contributed by atoms with E-state index in [1.165, 1.54) is 14.2 Å². The lowest BCUT2D eigenvalue weighted by Gasteiger charge is -2.32. The first kappa shape index (κ1) is 18.6. The maximum Gasteiger partial charge on any atom is 0.338 e. The third-order valence-corrected chi connectivity index (χ3v) is 4.34. The van der Waals surface area contributed by atoms with Crippen LogP contribution in [0.15, 0.2) is 36.4 Å². The number of likely N-dealkylation sites (tertiary alicyclic amines) is 1. The molecule has 8 nitrogen and oxygen atoms in total. The van der Waals surface area contributed by atoms with Crippen molar-refractivity contribution in [2.75, 3.05) is 27.3 Å². The first-order valence-corrected chi connectivity index (χ1v) is 8.63. The summed E-state index contributed by atoms with van der Waals surface area (Å²) in [6.07, 6.45) is 1.40. The second-order valence-electron chi connectivity index (χ2n) is 6.08. The molecule has 3 rings (SSSR count). The van der Waals surface area contributed by atoms with Crippen molar-refractivity contribution in [3.63, 3.8) is 0 Å². The third-order valence-electron chi connectivity index (χ3n) is 4.34. The Balaban J connectivity index is 1.70. The Kier molecular flexibility index (Phi) is 5.85. The van der Waals surface area contributed by atoms with Gasteiger partial charge in [0.15, 0.2) is 0 Å². The number of aromatic nitrogens is 2. The summed E-state index contributed by atoms with van der Waals surface area (Å²) in [6, 6.07) is 10.00. The highest BCUT2D eigenvalue weighted by Gasteiger charge is 2.28. The molecule has 27 heavy (non-hydrogen) atoms. The maximum absolute atomic E-state index is 12.9. The van der Waals surface area contributed by atoms with Crippen molar-refractivity contribution in [2.45, 2.75) is 18.9 Å². The summed E-state index contributed by atoms with van der Waals surface area (Å²) in [5.74, 6) is 0.0367. The van der Waals surface area contributed by atoms with E-state index in [0.717, 1.165) is 12.8 Å². The molecule has 0 bridgehead atoms. The standard InChI is InChI=1S/C19H21N3O5/c1-25-16-9-10-17(21-20-16)27-13-6-5-11-22(12-13)18(23)14-7-3-4-8-15(14)19(24)26-2/h3-4,7-10,13H,5-6,11-12H2,1-2H3. The van der Waals surface area contributed by atoms with E-state index in [2.05, 4.69) is 10.2 Å². The smallest absolute Gasteiger partial charge is 0.338 e. The predicted octanol–water partition coefficient (Wildman–Crippen LogP) is 1.96. The van der Waals surface area contributed by atoms with E-state index in [1.54, 1.807) is 41.3 Å². The summed E-state index contributed by atoms with van der Waals surface area (Å²) in [5.41, 5.74) is 0.586. The van der Waals surface area contributed by atoms with E-state index >= 15 is 0 Å². The van der Waals surface area contributed by atoms with Gasteiger partial charge in [-0.3, -0.25) is 4.79 Å². The zero-order chi connectivity index (χ0) is 19.2. The Labute approximate surface area is 157 Å². The molecule has 0 spiro atoms. The molecule has 8 heteroatoms. The summed E-state index contributed by atoms with van der Waals surface area (Å²) >= 11 is 0. The summed E-state index contributed by atoms with van der Waals surface area (Å²) in [6.45, 7) is 1.00. The normalized spacial score (nSPS) is 16.5. The number of carbonyl (C=O) groups excluding carboxylic acids is 2. The van der Waals surface area contributed by atoms with Crippen molar-refractivity contribution in [1.82, 2.24) is 15.1 Å². The molecular weight excluding hydrogens is 350 g/mol. The van der Waals surface area contributed by atoms with Gasteiger partial charge < -0.3 is 19.1 Å². The topological polar surface area (TPSA) is 90.9 Å². The molecule has 1 amide bonds. The van der Waals surface area contributed by atoms with Gasteiger partial charge in [-0.2, -0.15) is 0 Å².